The van der Waals surface area contributed by atoms with Gasteiger partial charge in [-0.2, -0.15) is 0 Å². The van der Waals surface area contributed by atoms with E-state index >= 15 is 0 Å². The van der Waals surface area contributed by atoms with Crippen LogP contribution in [0.5, 0.6) is 0 Å². The highest BCUT2D eigenvalue weighted by atomic mass is 16.5. The van der Waals surface area contributed by atoms with Gasteiger partial charge in [0.25, 0.3) is 0 Å². The molecule has 2 aliphatic rings. The van der Waals surface area contributed by atoms with Gasteiger partial charge in [-0.15, -0.1) is 0 Å². The first kappa shape index (κ1) is 12.7. The number of nitrogens with zero attached hydrogens (tertiary/aromatic N) is 2. The van der Waals surface area contributed by atoms with E-state index in [4.69, 9.17) is 4.74 Å². The van der Waals surface area contributed by atoms with Crippen molar-refractivity contribution < 1.29 is 9.53 Å². The van der Waals surface area contributed by atoms with Crippen LogP contribution < -0.4 is 0 Å². The molecule has 4 heteroatoms. The van der Waals surface area contributed by atoms with Gasteiger partial charge in [0.15, 0.2) is 0 Å². The van der Waals surface area contributed by atoms with Crippen LogP contribution in [0, 0.1) is 0 Å². The summed E-state index contributed by atoms with van der Waals surface area (Å²) < 4.78 is 5.80. The summed E-state index contributed by atoms with van der Waals surface area (Å²) in [6.07, 6.45) is 4.99. The maximum Gasteiger partial charge on any atom is 0.320 e. The number of amides is 2. The average molecular weight is 240 g/mol. The first-order valence-electron chi connectivity index (χ1n) is 6.95. The molecule has 1 aliphatic heterocycles. The lowest BCUT2D eigenvalue weighted by atomic mass is 9.90. The zero-order valence-electron chi connectivity index (χ0n) is 11.0. The number of morpholine rings is 1. The largest absolute Gasteiger partial charge is 0.374 e. The van der Waals surface area contributed by atoms with E-state index in [1.165, 1.54) is 12.8 Å². The van der Waals surface area contributed by atoms with E-state index in [-0.39, 0.29) is 12.1 Å². The van der Waals surface area contributed by atoms with Crippen LogP contribution in [0.3, 0.4) is 0 Å². The molecule has 1 saturated carbocycles. The third kappa shape index (κ3) is 2.57. The third-order valence-corrected chi connectivity index (χ3v) is 4.01. The van der Waals surface area contributed by atoms with Crippen molar-refractivity contribution in [3.05, 3.63) is 0 Å². The van der Waals surface area contributed by atoms with Crippen molar-refractivity contribution in [1.29, 1.82) is 0 Å². The normalized spacial score (nSPS) is 28.7. The minimum atomic E-state index is 0.204. The van der Waals surface area contributed by atoms with Crippen LogP contribution in [0.4, 0.5) is 4.79 Å². The van der Waals surface area contributed by atoms with Gasteiger partial charge in [0, 0.05) is 19.6 Å². The van der Waals surface area contributed by atoms with E-state index in [0.717, 1.165) is 32.5 Å². The number of ether oxygens (including phenoxy) is 1. The summed E-state index contributed by atoms with van der Waals surface area (Å²) in [7, 11) is 0. The highest BCUT2D eigenvalue weighted by molar-refractivity contribution is 5.75. The zero-order chi connectivity index (χ0) is 12.3. The predicted octanol–water partition coefficient (Wildman–Crippen LogP) is 2.09. The van der Waals surface area contributed by atoms with Crippen LogP contribution in [-0.4, -0.2) is 54.2 Å². The van der Waals surface area contributed by atoms with Gasteiger partial charge in [-0.25, -0.2) is 4.79 Å². The Morgan fingerprint density at radius 2 is 2.00 bits per heavy atom. The van der Waals surface area contributed by atoms with E-state index in [1.54, 1.807) is 0 Å². The molecule has 1 saturated heterocycles. The fraction of sp³-hybridized carbons (Fsp3) is 0.923. The van der Waals surface area contributed by atoms with Crippen molar-refractivity contribution in [2.45, 2.75) is 51.7 Å². The lowest BCUT2D eigenvalue weighted by Crippen LogP contribution is -2.58. The Balaban J connectivity index is 2.05. The Labute approximate surface area is 104 Å². The number of carbonyl (C=O) groups excluding carboxylic acids is 1. The van der Waals surface area contributed by atoms with Gasteiger partial charge in [-0.1, -0.05) is 12.8 Å². The Kier molecular flexibility index (Phi) is 4.26. The van der Waals surface area contributed by atoms with Gasteiger partial charge in [0.05, 0.1) is 18.8 Å². The predicted molar refractivity (Wildman–Crippen MR) is 67.0 cm³/mol. The smallest absolute Gasteiger partial charge is 0.320 e. The molecule has 2 fully saturated rings. The second-order valence-electron chi connectivity index (χ2n) is 4.91. The van der Waals surface area contributed by atoms with E-state index < -0.39 is 0 Å². The molecule has 2 unspecified atom stereocenters. The average Bonchev–Trinajstić information content (AvgIpc) is 2.39. The number of hydrogen-bond acceptors (Lipinski definition) is 2. The molecule has 2 atom stereocenters. The molecular formula is C13H24N2O2. The molecule has 0 aromatic heterocycles. The van der Waals surface area contributed by atoms with Gasteiger partial charge in [0.1, 0.15) is 0 Å². The molecule has 0 N–H and O–H groups in total. The summed E-state index contributed by atoms with van der Waals surface area (Å²) in [6.45, 7) is 7.14. The summed E-state index contributed by atoms with van der Waals surface area (Å²) in [4.78, 5) is 16.4. The maximum atomic E-state index is 12.4. The van der Waals surface area contributed by atoms with Crippen molar-refractivity contribution in [3.63, 3.8) is 0 Å². The Morgan fingerprint density at radius 1 is 1.29 bits per heavy atom. The van der Waals surface area contributed by atoms with Gasteiger partial charge < -0.3 is 14.5 Å². The highest BCUT2D eigenvalue weighted by Gasteiger charge is 2.37. The molecule has 98 valence electrons. The maximum absolute atomic E-state index is 12.4. The second kappa shape index (κ2) is 5.71. The Morgan fingerprint density at radius 3 is 2.71 bits per heavy atom. The SMILES string of the molecule is CCN(CC)C(=O)N1CCOC2CCCCC21. The quantitative estimate of drug-likeness (QED) is 0.740. The summed E-state index contributed by atoms with van der Waals surface area (Å²) in [5.74, 6) is 0. The van der Waals surface area contributed by atoms with Crippen LogP contribution in [0.2, 0.25) is 0 Å². The fourth-order valence-electron chi connectivity index (χ4n) is 3.01. The van der Waals surface area contributed by atoms with E-state index in [9.17, 15) is 4.79 Å². The lowest BCUT2D eigenvalue weighted by molar-refractivity contribution is -0.0751. The zero-order valence-corrected chi connectivity index (χ0v) is 11.0. The van der Waals surface area contributed by atoms with E-state index in [0.29, 0.717) is 12.6 Å². The molecule has 0 aromatic carbocycles. The van der Waals surface area contributed by atoms with E-state index in [2.05, 4.69) is 4.90 Å². The number of carbonyl (C=O) groups is 1. The fourth-order valence-corrected chi connectivity index (χ4v) is 3.01. The second-order valence-corrected chi connectivity index (χ2v) is 4.91. The number of hydrogen-bond donors (Lipinski definition) is 0. The molecule has 2 amide bonds. The number of rotatable bonds is 2. The first-order chi connectivity index (χ1) is 8.27. The molecule has 17 heavy (non-hydrogen) atoms. The van der Waals surface area contributed by atoms with Gasteiger partial charge in [0.2, 0.25) is 0 Å². The minimum Gasteiger partial charge on any atom is -0.374 e. The standard InChI is InChI=1S/C13H24N2O2/c1-3-14(4-2)13(16)15-9-10-17-12-8-6-5-7-11(12)15/h11-12H,3-10H2,1-2H3. The van der Waals surface area contributed by atoms with Crippen LogP contribution in [0.25, 0.3) is 0 Å². The van der Waals surface area contributed by atoms with Crippen LogP contribution in [-0.2, 0) is 4.74 Å². The molecule has 4 nitrogen and oxygen atoms in total. The van der Waals surface area contributed by atoms with Crippen molar-refractivity contribution in [1.82, 2.24) is 9.80 Å². The molecular weight excluding hydrogens is 216 g/mol. The van der Waals surface area contributed by atoms with Crippen LogP contribution in [0.1, 0.15) is 39.5 Å². The van der Waals surface area contributed by atoms with Crippen molar-refractivity contribution in [2.75, 3.05) is 26.2 Å². The molecule has 1 heterocycles. The van der Waals surface area contributed by atoms with Gasteiger partial charge >= 0.3 is 6.03 Å². The molecule has 2 rings (SSSR count). The van der Waals surface area contributed by atoms with E-state index in [1.807, 2.05) is 18.7 Å². The number of fused-ring (bicyclic) bond motifs is 1. The number of urea groups is 1. The summed E-state index contributed by atoms with van der Waals surface area (Å²) >= 11 is 0. The topological polar surface area (TPSA) is 32.8 Å². The molecule has 0 aromatic rings. The molecule has 1 aliphatic carbocycles. The van der Waals surface area contributed by atoms with Crippen LogP contribution >= 0.6 is 0 Å². The lowest BCUT2D eigenvalue weighted by Gasteiger charge is -2.45. The summed E-state index contributed by atoms with van der Waals surface area (Å²) in [5.41, 5.74) is 0. The third-order valence-electron chi connectivity index (χ3n) is 4.01. The van der Waals surface area contributed by atoms with Crippen molar-refractivity contribution in [3.8, 4) is 0 Å². The molecule has 0 bridgehead atoms. The van der Waals surface area contributed by atoms with Gasteiger partial charge in [-0.3, -0.25) is 0 Å². The first-order valence-corrected chi connectivity index (χ1v) is 6.95. The monoisotopic (exact) mass is 240 g/mol. The highest BCUT2D eigenvalue weighted by Crippen LogP contribution is 2.29. The summed E-state index contributed by atoms with van der Waals surface area (Å²) in [5, 5.41) is 0. The minimum absolute atomic E-state index is 0.204. The molecule has 0 spiro atoms. The van der Waals surface area contributed by atoms with Crippen LogP contribution in [0.15, 0.2) is 0 Å². The van der Waals surface area contributed by atoms with Crippen molar-refractivity contribution in [2.24, 2.45) is 0 Å². The molecule has 0 radical (unpaired) electrons. The summed E-state index contributed by atoms with van der Waals surface area (Å²) in [6, 6.07) is 0.529. The Hall–Kier alpha value is -0.770. The Bertz CT molecular complexity index is 264. The van der Waals surface area contributed by atoms with Gasteiger partial charge in [-0.05, 0) is 26.7 Å². The van der Waals surface area contributed by atoms with Crippen molar-refractivity contribution >= 4 is 6.03 Å².